The smallest absolute Gasteiger partial charge is 0.149 e. The molecule has 2 heterocycles. The van der Waals surface area contributed by atoms with Gasteiger partial charge in [0.1, 0.15) is 11.6 Å². The fourth-order valence-electron chi connectivity index (χ4n) is 8.32. The molecule has 9 rings (SSSR count). The third-order valence-electron chi connectivity index (χ3n) is 12.0. The molecule has 0 radical (unpaired) electrons. The predicted octanol–water partition coefficient (Wildman–Crippen LogP) is 16.0. The van der Waals surface area contributed by atoms with Crippen molar-refractivity contribution in [2.75, 3.05) is 0 Å². The van der Waals surface area contributed by atoms with Crippen LogP contribution in [-0.2, 0) is 5.41 Å². The van der Waals surface area contributed by atoms with E-state index in [1.807, 2.05) is 117 Å². The highest BCUT2D eigenvalue weighted by atomic mass is 16.3. The first-order valence-corrected chi connectivity index (χ1v) is 21.5. The maximum Gasteiger partial charge on any atom is 0.149 e. The van der Waals surface area contributed by atoms with Crippen LogP contribution in [0.15, 0.2) is 170 Å². The molecule has 312 valence electrons. The lowest BCUT2D eigenvalue weighted by atomic mass is 9.83. The van der Waals surface area contributed by atoms with Gasteiger partial charge in [-0.25, -0.2) is 4.98 Å². The Morgan fingerprint density at radius 1 is 0.556 bits per heavy atom. The minimum Gasteiger partial charge on any atom is -0.507 e. The van der Waals surface area contributed by atoms with Crippen LogP contribution in [0.3, 0.4) is 0 Å². The highest BCUT2D eigenvalue weighted by molar-refractivity contribution is 5.97. The molecule has 1 N–H and O–H groups in total. The van der Waals surface area contributed by atoms with Gasteiger partial charge in [0.25, 0.3) is 0 Å². The van der Waals surface area contributed by atoms with Crippen LogP contribution in [0.2, 0.25) is 0 Å². The fraction of sp³-hybridized carbons (Fsp3) is 0.186. The van der Waals surface area contributed by atoms with Crippen molar-refractivity contribution >= 4 is 11.0 Å². The van der Waals surface area contributed by atoms with Crippen molar-refractivity contribution in [1.29, 1.82) is 0 Å². The maximum absolute atomic E-state index is 11.4. The monoisotopic (exact) mass is 826 g/mol. The predicted molar refractivity (Wildman–Crippen MR) is 265 cm³/mol. The summed E-state index contributed by atoms with van der Waals surface area (Å²) in [4.78, 5) is 10.2. The number of rotatable bonds is 9. The Hall–Kier alpha value is -7.04. The zero-order chi connectivity index (χ0) is 48.3. The van der Waals surface area contributed by atoms with Gasteiger partial charge in [0, 0.05) is 24.2 Å². The van der Waals surface area contributed by atoms with Gasteiger partial charge in [0.2, 0.25) is 0 Å². The number of benzene rings is 7. The number of phenolic OH excluding ortho intramolecular Hbond substituents is 1. The molecule has 0 fully saturated rings. The summed E-state index contributed by atoms with van der Waals surface area (Å²) in [5.41, 5.74) is 13.9. The average molecular weight is 827 g/mol. The number of aromatic nitrogens is 3. The summed E-state index contributed by atoms with van der Waals surface area (Å²) in [6.07, 6.45) is 1.86. The number of pyridine rings is 1. The molecule has 0 bridgehead atoms. The van der Waals surface area contributed by atoms with Crippen molar-refractivity contribution in [3.05, 3.63) is 192 Å². The number of para-hydroxylation sites is 2. The largest absolute Gasteiger partial charge is 0.507 e. The van der Waals surface area contributed by atoms with Gasteiger partial charge in [0.05, 0.1) is 28.0 Å². The summed E-state index contributed by atoms with van der Waals surface area (Å²) in [6, 6.07) is 53.7. The first-order chi connectivity index (χ1) is 32.1. The first kappa shape index (κ1) is 35.5. The Kier molecular flexibility index (Phi) is 9.41. The van der Waals surface area contributed by atoms with E-state index < -0.39 is 18.6 Å². The van der Waals surface area contributed by atoms with Crippen molar-refractivity contribution < 1.29 is 12.0 Å². The number of fused-ring (bicyclic) bond motifs is 1. The van der Waals surface area contributed by atoms with Gasteiger partial charge in [-0.1, -0.05) is 158 Å². The summed E-state index contributed by atoms with van der Waals surface area (Å²) in [7, 11) is 0. The average Bonchev–Trinajstić information content (AvgIpc) is 3.70. The number of imidazole rings is 1. The van der Waals surface area contributed by atoms with Gasteiger partial charge in [-0.05, 0) is 140 Å². The van der Waals surface area contributed by atoms with E-state index in [1.54, 1.807) is 24.3 Å². The van der Waals surface area contributed by atoms with E-state index in [0.29, 0.717) is 33.7 Å². The minimum absolute atomic E-state index is 0.00991. The van der Waals surface area contributed by atoms with Gasteiger partial charge >= 0.3 is 0 Å². The maximum atomic E-state index is 11.4. The number of hydrogen-bond acceptors (Lipinski definition) is 3. The van der Waals surface area contributed by atoms with Crippen LogP contribution in [0.4, 0.5) is 0 Å². The van der Waals surface area contributed by atoms with Gasteiger partial charge in [-0.3, -0.25) is 9.55 Å². The second-order valence-electron chi connectivity index (χ2n) is 17.9. The van der Waals surface area contributed by atoms with Gasteiger partial charge in [0.15, 0.2) is 0 Å². The Labute approximate surface area is 379 Å². The molecule has 4 nitrogen and oxygen atoms in total. The van der Waals surface area contributed by atoms with Crippen molar-refractivity contribution in [3.63, 3.8) is 0 Å². The van der Waals surface area contributed by atoms with E-state index in [0.717, 1.165) is 61.3 Å². The molecule has 63 heavy (non-hydrogen) atoms. The topological polar surface area (TPSA) is 50.9 Å². The number of aromatic hydroxyl groups is 1. The zero-order valence-corrected chi connectivity index (χ0v) is 37.0. The molecule has 7 aromatic carbocycles. The Bertz CT molecular complexity index is 3300. The molecule has 0 atom stereocenters. The molecule has 0 amide bonds. The molecule has 0 spiro atoms. The third-order valence-corrected chi connectivity index (χ3v) is 12.0. The first-order valence-electron chi connectivity index (χ1n) is 24.0. The Balaban J connectivity index is 1.22. The van der Waals surface area contributed by atoms with Crippen molar-refractivity contribution in [2.45, 2.75) is 72.5 Å². The van der Waals surface area contributed by atoms with E-state index in [9.17, 15) is 5.11 Å². The summed E-state index contributed by atoms with van der Waals surface area (Å²) < 4.78 is 46.4. The minimum atomic E-state index is -2.57. The van der Waals surface area contributed by atoms with Gasteiger partial charge < -0.3 is 5.11 Å². The van der Waals surface area contributed by atoms with Crippen LogP contribution >= 0.6 is 0 Å². The number of nitrogens with zero attached hydrogens (tertiary/aromatic N) is 3. The summed E-state index contributed by atoms with van der Waals surface area (Å²) in [5, 5.41) is 11.4. The molecule has 4 heteroatoms. The second-order valence-corrected chi connectivity index (χ2v) is 17.9. The standard InChI is InChI=1S/C59H55N3O/c1-37(2)45-30-46(38(3)4)32-47(31-45)43-25-26-54(39(5)29-43)62-55-19-14-18-51(57(55)61-58(62)52-17-12-13-20-56(52)63)48-33-49(35-50(34-48)59(6,7)8)53-36-44(27-28-60-53)42-23-21-41(22-24-42)40-15-10-9-11-16-40/h9-38,63H,1-8H3/i5D3,37D,38D. The number of hydrogen-bond donors (Lipinski definition) is 1. The third kappa shape index (κ3) is 8.22. The molecule has 0 saturated carbocycles. The fourth-order valence-corrected chi connectivity index (χ4v) is 8.32. The summed E-state index contributed by atoms with van der Waals surface area (Å²) in [5.74, 6) is -1.51. The van der Waals surface area contributed by atoms with Crippen LogP contribution < -0.4 is 0 Å². The quantitative estimate of drug-likeness (QED) is 0.158. The number of aryl methyl sites for hydroxylation is 1. The summed E-state index contributed by atoms with van der Waals surface area (Å²) >= 11 is 0. The summed E-state index contributed by atoms with van der Waals surface area (Å²) in [6.45, 7) is 11.2. The molecule has 0 aliphatic heterocycles. The van der Waals surface area contributed by atoms with Crippen molar-refractivity contribution in [3.8, 4) is 78.6 Å². The SMILES string of the molecule is [2H]C([2H])([2H])c1cc(-c2cc(C([2H])(C)C)cc(C([2H])(C)C)c2)ccc1-n1c(-c2ccccc2O)nc2c(-c3cc(-c4cc(-c5ccc(-c6ccccc6)cc5)ccn4)cc(C(C)(C)C)c3)cccc21. The van der Waals surface area contributed by atoms with Crippen molar-refractivity contribution in [1.82, 2.24) is 14.5 Å². The Morgan fingerprint density at radius 3 is 1.86 bits per heavy atom. The molecule has 2 aromatic heterocycles. The zero-order valence-electron chi connectivity index (χ0n) is 42.0. The molecular formula is C59H55N3O. The van der Waals surface area contributed by atoms with E-state index in [4.69, 9.17) is 16.8 Å². The lowest BCUT2D eigenvalue weighted by molar-refractivity contribution is 0.477. The second kappa shape index (κ2) is 16.7. The normalized spacial score (nSPS) is 13.5. The highest BCUT2D eigenvalue weighted by Crippen LogP contribution is 2.41. The van der Waals surface area contributed by atoms with Crippen LogP contribution in [0, 0.1) is 6.85 Å². The molecule has 9 aromatic rings. The van der Waals surface area contributed by atoms with E-state index in [2.05, 4.69) is 81.4 Å². The van der Waals surface area contributed by atoms with E-state index >= 15 is 0 Å². The van der Waals surface area contributed by atoms with Crippen LogP contribution in [0.1, 0.15) is 89.4 Å². The van der Waals surface area contributed by atoms with Crippen LogP contribution in [-0.4, -0.2) is 19.6 Å². The van der Waals surface area contributed by atoms with Gasteiger partial charge in [-0.2, -0.15) is 0 Å². The molecule has 0 unspecified atom stereocenters. The Morgan fingerprint density at radius 2 is 1.17 bits per heavy atom. The lowest BCUT2D eigenvalue weighted by Crippen LogP contribution is -2.11. The van der Waals surface area contributed by atoms with Gasteiger partial charge in [-0.15, -0.1) is 0 Å². The number of phenols is 1. The molecular weight excluding hydrogens is 767 g/mol. The lowest BCUT2D eigenvalue weighted by Gasteiger charge is -2.22. The highest BCUT2D eigenvalue weighted by Gasteiger charge is 2.23. The van der Waals surface area contributed by atoms with Crippen LogP contribution in [0.25, 0.3) is 83.9 Å². The van der Waals surface area contributed by atoms with E-state index in [-0.39, 0.29) is 16.7 Å². The molecule has 0 aliphatic carbocycles. The van der Waals surface area contributed by atoms with E-state index in [1.165, 1.54) is 5.56 Å². The molecule has 0 aliphatic rings. The van der Waals surface area contributed by atoms with Crippen molar-refractivity contribution in [2.24, 2.45) is 0 Å². The van der Waals surface area contributed by atoms with Crippen LogP contribution in [0.5, 0.6) is 5.75 Å². The molecule has 0 saturated heterocycles.